The number of benzene rings is 2. The third kappa shape index (κ3) is 6.60. The summed E-state index contributed by atoms with van der Waals surface area (Å²) >= 11 is 0. The normalized spacial score (nSPS) is 14.4. The minimum absolute atomic E-state index is 0.0258. The highest BCUT2D eigenvalue weighted by Crippen LogP contribution is 2.44. The Morgan fingerprint density at radius 2 is 1.60 bits per heavy atom. The Bertz CT molecular complexity index is 1020. The molecule has 8 nitrogen and oxygen atoms in total. The standard InChI is InChI=1S/C27H34N2O6/c1-17(24(30)29-23(25(31)32)15-27(2,3)34-4)13-14-28-26(33)35-16-22-20-11-7-5-9-18(20)19-10-6-8-12-21(19)22/h5-12,17,22-23H,13-16H2,1-4H3,(H,28,33)(H,29,30)(H,31,32). The number of nitrogens with one attached hydrogen (secondary N) is 2. The average molecular weight is 483 g/mol. The van der Waals surface area contributed by atoms with E-state index in [2.05, 4.69) is 34.9 Å². The molecular formula is C27H34N2O6. The summed E-state index contributed by atoms with van der Waals surface area (Å²) in [5.74, 6) is -2.02. The molecule has 188 valence electrons. The summed E-state index contributed by atoms with van der Waals surface area (Å²) < 4.78 is 10.8. The van der Waals surface area contributed by atoms with Crippen LogP contribution in [-0.4, -0.2) is 55.0 Å². The molecule has 0 aromatic heterocycles. The lowest BCUT2D eigenvalue weighted by Gasteiger charge is -2.27. The number of carboxylic acids is 1. The quantitative estimate of drug-likeness (QED) is 0.447. The Balaban J connectivity index is 1.46. The molecule has 0 heterocycles. The summed E-state index contributed by atoms with van der Waals surface area (Å²) in [6.07, 6.45) is -0.0737. The minimum atomic E-state index is -1.12. The number of methoxy groups -OCH3 is 1. The summed E-state index contributed by atoms with van der Waals surface area (Å²) in [7, 11) is 1.50. The second-order valence-electron chi connectivity index (χ2n) is 9.51. The smallest absolute Gasteiger partial charge is 0.407 e. The van der Waals surface area contributed by atoms with E-state index < -0.39 is 35.5 Å². The Hall–Kier alpha value is -3.39. The first-order chi connectivity index (χ1) is 16.6. The number of aliphatic carboxylic acids is 1. The molecule has 0 fully saturated rings. The topological polar surface area (TPSA) is 114 Å². The zero-order valence-corrected chi connectivity index (χ0v) is 20.7. The Morgan fingerprint density at radius 3 is 2.14 bits per heavy atom. The number of carboxylic acid groups (broad SMARTS) is 1. The van der Waals surface area contributed by atoms with E-state index in [1.54, 1.807) is 20.8 Å². The minimum Gasteiger partial charge on any atom is -0.480 e. The van der Waals surface area contributed by atoms with Crippen molar-refractivity contribution in [1.29, 1.82) is 0 Å². The van der Waals surface area contributed by atoms with Gasteiger partial charge in [0.25, 0.3) is 0 Å². The van der Waals surface area contributed by atoms with Crippen LogP contribution in [0.15, 0.2) is 48.5 Å². The van der Waals surface area contributed by atoms with Crippen molar-refractivity contribution >= 4 is 18.0 Å². The number of ether oxygens (including phenoxy) is 2. The first-order valence-corrected chi connectivity index (χ1v) is 11.8. The first kappa shape index (κ1) is 26.2. The molecule has 3 rings (SSSR count). The van der Waals surface area contributed by atoms with Crippen LogP contribution in [0.3, 0.4) is 0 Å². The van der Waals surface area contributed by atoms with Crippen molar-refractivity contribution in [3.63, 3.8) is 0 Å². The average Bonchev–Trinajstić information content (AvgIpc) is 3.15. The van der Waals surface area contributed by atoms with E-state index in [1.165, 1.54) is 7.11 Å². The van der Waals surface area contributed by atoms with Gasteiger partial charge in [0.15, 0.2) is 0 Å². The van der Waals surface area contributed by atoms with Crippen molar-refractivity contribution < 1.29 is 29.0 Å². The van der Waals surface area contributed by atoms with E-state index in [0.29, 0.717) is 6.42 Å². The molecule has 0 spiro atoms. The van der Waals surface area contributed by atoms with Crippen molar-refractivity contribution in [3.05, 3.63) is 59.7 Å². The van der Waals surface area contributed by atoms with Gasteiger partial charge in [-0.1, -0.05) is 55.5 Å². The number of fused-ring (bicyclic) bond motifs is 3. The summed E-state index contributed by atoms with van der Waals surface area (Å²) in [4.78, 5) is 36.3. The van der Waals surface area contributed by atoms with Gasteiger partial charge in [0.1, 0.15) is 12.6 Å². The molecule has 0 saturated heterocycles. The Labute approximate surface area is 206 Å². The highest BCUT2D eigenvalue weighted by Gasteiger charge is 2.31. The van der Waals surface area contributed by atoms with Gasteiger partial charge in [0, 0.05) is 31.9 Å². The summed E-state index contributed by atoms with van der Waals surface area (Å²) in [6.45, 7) is 5.65. The molecule has 2 aromatic rings. The summed E-state index contributed by atoms with van der Waals surface area (Å²) in [5, 5.41) is 14.7. The van der Waals surface area contributed by atoms with E-state index in [-0.39, 0.29) is 25.5 Å². The molecule has 0 radical (unpaired) electrons. The largest absolute Gasteiger partial charge is 0.480 e. The summed E-state index contributed by atoms with van der Waals surface area (Å²) in [6, 6.07) is 15.2. The van der Waals surface area contributed by atoms with Crippen LogP contribution in [0.4, 0.5) is 4.79 Å². The third-order valence-corrected chi connectivity index (χ3v) is 6.50. The Kier molecular flexibility index (Phi) is 8.51. The molecule has 8 heteroatoms. The summed E-state index contributed by atoms with van der Waals surface area (Å²) in [5.41, 5.74) is 3.90. The van der Waals surface area contributed by atoms with Crippen molar-refractivity contribution in [3.8, 4) is 11.1 Å². The zero-order valence-electron chi connectivity index (χ0n) is 20.7. The van der Waals surface area contributed by atoms with Gasteiger partial charge in [-0.2, -0.15) is 0 Å². The molecule has 0 saturated carbocycles. The fourth-order valence-corrected chi connectivity index (χ4v) is 4.26. The van der Waals surface area contributed by atoms with Crippen LogP contribution >= 0.6 is 0 Å². The maximum atomic E-state index is 12.5. The van der Waals surface area contributed by atoms with Crippen LogP contribution in [-0.2, 0) is 19.1 Å². The molecular weight excluding hydrogens is 448 g/mol. The molecule has 0 aliphatic heterocycles. The molecule has 2 unspecified atom stereocenters. The second-order valence-corrected chi connectivity index (χ2v) is 9.51. The van der Waals surface area contributed by atoms with Crippen molar-refractivity contribution in [2.24, 2.45) is 5.92 Å². The molecule has 1 aliphatic rings. The van der Waals surface area contributed by atoms with E-state index in [0.717, 1.165) is 22.3 Å². The van der Waals surface area contributed by atoms with E-state index in [4.69, 9.17) is 9.47 Å². The molecule has 35 heavy (non-hydrogen) atoms. The van der Waals surface area contributed by atoms with Gasteiger partial charge in [0.05, 0.1) is 5.60 Å². The van der Waals surface area contributed by atoms with Crippen molar-refractivity contribution in [1.82, 2.24) is 10.6 Å². The molecule has 0 bridgehead atoms. The number of hydrogen-bond donors (Lipinski definition) is 3. The van der Waals surface area contributed by atoms with Gasteiger partial charge in [0.2, 0.25) is 5.91 Å². The van der Waals surface area contributed by atoms with Crippen LogP contribution in [0.2, 0.25) is 0 Å². The van der Waals surface area contributed by atoms with Crippen LogP contribution < -0.4 is 10.6 Å². The number of rotatable bonds is 11. The predicted octanol–water partition coefficient (Wildman–Crippen LogP) is 3.94. The van der Waals surface area contributed by atoms with Crippen LogP contribution in [0.5, 0.6) is 0 Å². The SMILES string of the molecule is COC(C)(C)CC(NC(=O)C(C)CCNC(=O)OCC1c2ccccc2-c2ccccc21)C(=O)O. The number of hydrogen-bond acceptors (Lipinski definition) is 5. The molecule has 2 amide bonds. The highest BCUT2D eigenvalue weighted by atomic mass is 16.5. The fraction of sp³-hybridized carbons (Fsp3) is 0.444. The van der Waals surface area contributed by atoms with Gasteiger partial charge in [-0.3, -0.25) is 4.79 Å². The molecule has 2 atom stereocenters. The monoisotopic (exact) mass is 482 g/mol. The lowest BCUT2D eigenvalue weighted by Crippen LogP contribution is -2.47. The van der Waals surface area contributed by atoms with Gasteiger partial charge in [-0.15, -0.1) is 0 Å². The van der Waals surface area contributed by atoms with E-state index in [1.807, 2.05) is 24.3 Å². The van der Waals surface area contributed by atoms with Crippen molar-refractivity contribution in [2.45, 2.75) is 51.2 Å². The molecule has 3 N–H and O–H groups in total. The number of amides is 2. The molecule has 1 aliphatic carbocycles. The highest BCUT2D eigenvalue weighted by molar-refractivity contribution is 5.85. The van der Waals surface area contributed by atoms with Gasteiger partial charge in [-0.25, -0.2) is 9.59 Å². The predicted molar refractivity (Wildman–Crippen MR) is 132 cm³/mol. The number of alkyl carbamates (subject to hydrolysis) is 1. The van der Waals surface area contributed by atoms with E-state index >= 15 is 0 Å². The van der Waals surface area contributed by atoms with Crippen molar-refractivity contribution in [2.75, 3.05) is 20.3 Å². The maximum absolute atomic E-state index is 12.5. The van der Waals surface area contributed by atoms with Gasteiger partial charge >= 0.3 is 12.1 Å². The van der Waals surface area contributed by atoms with Gasteiger partial charge in [-0.05, 0) is 42.5 Å². The number of carbonyl (C=O) groups is 3. The molecule has 2 aromatic carbocycles. The fourth-order valence-electron chi connectivity index (χ4n) is 4.26. The second kappa shape index (κ2) is 11.4. The maximum Gasteiger partial charge on any atom is 0.407 e. The number of carbonyl (C=O) groups excluding carboxylic acids is 2. The Morgan fingerprint density at radius 1 is 1.03 bits per heavy atom. The third-order valence-electron chi connectivity index (χ3n) is 6.50. The lowest BCUT2D eigenvalue weighted by molar-refractivity contribution is -0.144. The van der Waals surface area contributed by atoms with Gasteiger partial charge < -0.3 is 25.2 Å². The zero-order chi connectivity index (χ0) is 25.6. The lowest BCUT2D eigenvalue weighted by atomic mass is 9.97. The van der Waals surface area contributed by atoms with E-state index in [9.17, 15) is 19.5 Å². The first-order valence-electron chi connectivity index (χ1n) is 11.8. The van der Waals surface area contributed by atoms with Crippen LogP contribution in [0.25, 0.3) is 11.1 Å². The van der Waals surface area contributed by atoms with Crippen LogP contribution in [0.1, 0.15) is 50.7 Å². The van der Waals surface area contributed by atoms with Crippen LogP contribution in [0, 0.1) is 5.92 Å².